The van der Waals surface area contributed by atoms with Crippen LogP contribution in [-0.2, 0) is 14.3 Å². The molecular formula is C14H18N2O4. The number of hydrogen-bond acceptors (Lipinski definition) is 4. The number of amides is 1. The van der Waals surface area contributed by atoms with E-state index >= 15 is 0 Å². The van der Waals surface area contributed by atoms with E-state index in [2.05, 4.69) is 0 Å². The Labute approximate surface area is 117 Å². The number of benzene rings is 1. The van der Waals surface area contributed by atoms with Gasteiger partial charge in [-0.1, -0.05) is 18.2 Å². The molecule has 0 spiro atoms. The van der Waals surface area contributed by atoms with Crippen LogP contribution in [0.3, 0.4) is 0 Å². The monoisotopic (exact) mass is 278 g/mol. The van der Waals surface area contributed by atoms with Crippen molar-refractivity contribution >= 4 is 17.6 Å². The highest BCUT2D eigenvalue weighted by Gasteiger charge is 2.41. The van der Waals surface area contributed by atoms with Crippen molar-refractivity contribution in [1.29, 1.82) is 0 Å². The second kappa shape index (κ2) is 6.02. The number of nitrogens with two attached hydrogens (primary N) is 1. The molecule has 0 saturated carbocycles. The van der Waals surface area contributed by atoms with Gasteiger partial charge in [-0.3, -0.25) is 9.59 Å². The average molecular weight is 278 g/mol. The number of aliphatic carboxylic acids is 1. The van der Waals surface area contributed by atoms with Gasteiger partial charge in [0, 0.05) is 18.8 Å². The van der Waals surface area contributed by atoms with Crippen molar-refractivity contribution in [3.05, 3.63) is 30.3 Å². The van der Waals surface area contributed by atoms with E-state index in [4.69, 9.17) is 15.6 Å². The fourth-order valence-corrected chi connectivity index (χ4v) is 2.18. The van der Waals surface area contributed by atoms with Crippen LogP contribution < -0.4 is 10.6 Å². The zero-order valence-electron chi connectivity index (χ0n) is 11.1. The third kappa shape index (κ3) is 3.15. The normalized spacial score (nSPS) is 21.6. The van der Waals surface area contributed by atoms with Crippen molar-refractivity contribution in [2.75, 3.05) is 24.7 Å². The molecular weight excluding hydrogens is 260 g/mol. The SMILES string of the molecule is NC1(C(=O)N(CCC(=O)O)c2ccccc2)CCOC1. The fourth-order valence-electron chi connectivity index (χ4n) is 2.18. The van der Waals surface area contributed by atoms with E-state index in [0.717, 1.165) is 0 Å². The Hall–Kier alpha value is -1.92. The maximum Gasteiger partial charge on any atom is 0.305 e. The molecule has 20 heavy (non-hydrogen) atoms. The molecule has 0 aliphatic carbocycles. The van der Waals surface area contributed by atoms with Crippen LogP contribution in [0.4, 0.5) is 5.69 Å². The first-order valence-electron chi connectivity index (χ1n) is 6.48. The standard InChI is InChI=1S/C14H18N2O4/c15-14(7-9-20-10-14)13(19)16(8-6-12(17)18)11-4-2-1-3-5-11/h1-5H,6-10,15H2,(H,17,18). The third-order valence-electron chi connectivity index (χ3n) is 3.34. The Morgan fingerprint density at radius 3 is 2.60 bits per heavy atom. The van der Waals surface area contributed by atoms with Gasteiger partial charge in [-0.15, -0.1) is 0 Å². The molecule has 108 valence electrons. The second-order valence-corrected chi connectivity index (χ2v) is 4.89. The molecule has 2 rings (SSSR count). The maximum atomic E-state index is 12.6. The van der Waals surface area contributed by atoms with Gasteiger partial charge < -0.3 is 20.5 Å². The molecule has 0 bridgehead atoms. The molecule has 0 radical (unpaired) electrons. The minimum absolute atomic E-state index is 0.0944. The van der Waals surface area contributed by atoms with E-state index in [-0.39, 0.29) is 25.5 Å². The summed E-state index contributed by atoms with van der Waals surface area (Å²) in [7, 11) is 0. The molecule has 1 aromatic carbocycles. The highest BCUT2D eigenvalue weighted by atomic mass is 16.5. The Kier molecular flexibility index (Phi) is 4.36. The van der Waals surface area contributed by atoms with Gasteiger partial charge in [0.2, 0.25) is 5.91 Å². The highest BCUT2D eigenvalue weighted by Crippen LogP contribution is 2.23. The van der Waals surface area contributed by atoms with Crippen LogP contribution in [0, 0.1) is 0 Å². The number of ether oxygens (including phenoxy) is 1. The van der Waals surface area contributed by atoms with Crippen LogP contribution in [0.25, 0.3) is 0 Å². The van der Waals surface area contributed by atoms with Crippen LogP contribution >= 0.6 is 0 Å². The number of nitrogens with zero attached hydrogens (tertiary/aromatic N) is 1. The summed E-state index contributed by atoms with van der Waals surface area (Å²) in [5.41, 5.74) is 5.67. The summed E-state index contributed by atoms with van der Waals surface area (Å²) < 4.78 is 5.20. The lowest BCUT2D eigenvalue weighted by atomic mass is 9.97. The molecule has 1 heterocycles. The van der Waals surface area contributed by atoms with Crippen molar-refractivity contribution in [3.63, 3.8) is 0 Å². The molecule has 1 amide bonds. The second-order valence-electron chi connectivity index (χ2n) is 4.89. The van der Waals surface area contributed by atoms with Crippen LogP contribution in [0.1, 0.15) is 12.8 Å². The van der Waals surface area contributed by atoms with E-state index in [1.807, 2.05) is 6.07 Å². The minimum Gasteiger partial charge on any atom is -0.481 e. The minimum atomic E-state index is -1.06. The summed E-state index contributed by atoms with van der Waals surface area (Å²) in [4.78, 5) is 24.8. The third-order valence-corrected chi connectivity index (χ3v) is 3.34. The number of hydrogen-bond donors (Lipinski definition) is 2. The maximum absolute atomic E-state index is 12.6. The molecule has 0 aromatic heterocycles. The number of carbonyl (C=O) groups excluding carboxylic acids is 1. The molecule has 1 aliphatic heterocycles. The van der Waals surface area contributed by atoms with E-state index in [9.17, 15) is 9.59 Å². The van der Waals surface area contributed by atoms with Crippen LogP contribution in [-0.4, -0.2) is 42.3 Å². The largest absolute Gasteiger partial charge is 0.481 e. The van der Waals surface area contributed by atoms with Crippen molar-refractivity contribution in [1.82, 2.24) is 0 Å². The van der Waals surface area contributed by atoms with Gasteiger partial charge in [0.1, 0.15) is 5.54 Å². The van der Waals surface area contributed by atoms with Crippen molar-refractivity contribution < 1.29 is 19.4 Å². The molecule has 6 heteroatoms. The lowest BCUT2D eigenvalue weighted by Gasteiger charge is -2.30. The molecule has 1 unspecified atom stereocenters. The Bertz CT molecular complexity index is 483. The molecule has 6 nitrogen and oxygen atoms in total. The number of anilines is 1. The fraction of sp³-hybridized carbons (Fsp3) is 0.429. The van der Waals surface area contributed by atoms with Crippen LogP contribution in [0.5, 0.6) is 0 Å². The van der Waals surface area contributed by atoms with Crippen LogP contribution in [0.2, 0.25) is 0 Å². The summed E-state index contributed by atoms with van der Waals surface area (Å²) >= 11 is 0. The number of para-hydroxylation sites is 1. The average Bonchev–Trinajstić information content (AvgIpc) is 2.88. The summed E-state index contributed by atoms with van der Waals surface area (Å²) in [6.45, 7) is 0.711. The smallest absolute Gasteiger partial charge is 0.305 e. The summed E-state index contributed by atoms with van der Waals surface area (Å²) in [5, 5.41) is 8.83. The van der Waals surface area contributed by atoms with Crippen LogP contribution in [0.15, 0.2) is 30.3 Å². The first kappa shape index (κ1) is 14.5. The quantitative estimate of drug-likeness (QED) is 0.823. The molecule has 3 N–H and O–H groups in total. The lowest BCUT2D eigenvalue weighted by Crippen LogP contribution is -2.56. The van der Waals surface area contributed by atoms with E-state index in [1.165, 1.54) is 4.90 Å². The first-order chi connectivity index (χ1) is 9.53. The van der Waals surface area contributed by atoms with Crippen molar-refractivity contribution in [2.24, 2.45) is 5.73 Å². The Morgan fingerprint density at radius 1 is 1.35 bits per heavy atom. The van der Waals surface area contributed by atoms with Crippen molar-refractivity contribution in [2.45, 2.75) is 18.4 Å². The Morgan fingerprint density at radius 2 is 2.05 bits per heavy atom. The summed E-state index contributed by atoms with van der Waals surface area (Å²) in [5.74, 6) is -1.24. The van der Waals surface area contributed by atoms with Gasteiger partial charge in [-0.05, 0) is 18.6 Å². The molecule has 1 aromatic rings. The zero-order valence-corrected chi connectivity index (χ0v) is 11.1. The number of carboxylic acid groups (broad SMARTS) is 1. The van der Waals surface area contributed by atoms with Gasteiger partial charge in [0.25, 0.3) is 0 Å². The number of carboxylic acids is 1. The molecule has 1 saturated heterocycles. The lowest BCUT2D eigenvalue weighted by molar-refractivity contribution is -0.136. The molecule has 1 atom stereocenters. The van der Waals surface area contributed by atoms with Gasteiger partial charge in [0.15, 0.2) is 0 Å². The number of rotatable bonds is 5. The first-order valence-corrected chi connectivity index (χ1v) is 6.48. The zero-order chi connectivity index (χ0) is 14.6. The van der Waals surface area contributed by atoms with Gasteiger partial charge in [-0.2, -0.15) is 0 Å². The van der Waals surface area contributed by atoms with E-state index in [0.29, 0.717) is 18.7 Å². The van der Waals surface area contributed by atoms with E-state index in [1.54, 1.807) is 24.3 Å². The topological polar surface area (TPSA) is 92.9 Å². The van der Waals surface area contributed by atoms with E-state index < -0.39 is 11.5 Å². The van der Waals surface area contributed by atoms with Gasteiger partial charge in [-0.25, -0.2) is 0 Å². The summed E-state index contributed by atoms with van der Waals surface area (Å²) in [6.07, 6.45) is 0.319. The highest BCUT2D eigenvalue weighted by molar-refractivity contribution is 6.00. The van der Waals surface area contributed by atoms with Gasteiger partial charge >= 0.3 is 5.97 Å². The molecule has 1 fully saturated rings. The molecule has 1 aliphatic rings. The van der Waals surface area contributed by atoms with Crippen molar-refractivity contribution in [3.8, 4) is 0 Å². The summed E-state index contributed by atoms with van der Waals surface area (Å²) in [6, 6.07) is 8.95. The number of carbonyl (C=O) groups is 2. The Balaban J connectivity index is 2.22. The van der Waals surface area contributed by atoms with Gasteiger partial charge in [0.05, 0.1) is 13.0 Å². The predicted molar refractivity (Wildman–Crippen MR) is 73.4 cm³/mol. The predicted octanol–water partition coefficient (Wildman–Crippen LogP) is 0.612.